The monoisotopic (exact) mass is 472 g/mol. The molecule has 4 nitrogen and oxygen atoms in total. The van der Waals surface area contributed by atoms with Crippen LogP contribution in [0.2, 0.25) is 0 Å². The van der Waals surface area contributed by atoms with Crippen LogP contribution < -0.4 is 0 Å². The van der Waals surface area contributed by atoms with Crippen molar-refractivity contribution in [3.8, 4) is 5.75 Å². The van der Waals surface area contributed by atoms with Crippen LogP contribution in [-0.4, -0.2) is 58.8 Å². The predicted molar refractivity (Wildman–Crippen MR) is 148 cm³/mol. The summed E-state index contributed by atoms with van der Waals surface area (Å²) in [6.45, 7) is 15.4. The molecule has 0 saturated carbocycles. The van der Waals surface area contributed by atoms with Crippen molar-refractivity contribution in [3.05, 3.63) is 102 Å². The second kappa shape index (κ2) is 13.1. The van der Waals surface area contributed by atoms with E-state index in [1.165, 1.54) is 5.70 Å². The molecule has 186 valence electrons. The summed E-state index contributed by atoms with van der Waals surface area (Å²) in [4.78, 5) is 4.96. The zero-order valence-corrected chi connectivity index (χ0v) is 21.5. The van der Waals surface area contributed by atoms with Crippen molar-refractivity contribution >= 4 is 11.1 Å². The molecule has 1 aliphatic heterocycles. The van der Waals surface area contributed by atoms with Crippen molar-refractivity contribution in [3.63, 3.8) is 0 Å². The number of aliphatic hydroxyl groups is 1. The third-order valence-corrected chi connectivity index (χ3v) is 6.65. The van der Waals surface area contributed by atoms with Crippen molar-refractivity contribution in [2.45, 2.75) is 39.7 Å². The molecule has 3 rings (SSSR count). The molecule has 0 radical (unpaired) electrons. The van der Waals surface area contributed by atoms with Crippen LogP contribution in [0.1, 0.15) is 44.7 Å². The minimum absolute atomic E-state index is 0.132. The average Bonchev–Trinajstić information content (AvgIpc) is 2.88. The summed E-state index contributed by atoms with van der Waals surface area (Å²) < 4.78 is 0. The molecule has 1 aliphatic rings. The molecule has 2 aromatic rings. The number of aromatic hydroxyl groups is 1. The highest BCUT2D eigenvalue weighted by Gasteiger charge is 2.19. The van der Waals surface area contributed by atoms with Gasteiger partial charge in [-0.25, -0.2) is 0 Å². The Balaban J connectivity index is 1.95. The topological polar surface area (TPSA) is 46.9 Å². The van der Waals surface area contributed by atoms with E-state index < -0.39 is 0 Å². The van der Waals surface area contributed by atoms with Gasteiger partial charge in [-0.15, -0.1) is 0 Å². The van der Waals surface area contributed by atoms with Gasteiger partial charge in [-0.1, -0.05) is 61.2 Å². The Bertz CT molecular complexity index is 1040. The molecule has 0 aromatic heterocycles. The molecule has 0 unspecified atom stereocenters. The van der Waals surface area contributed by atoms with Crippen LogP contribution in [0.5, 0.6) is 5.75 Å². The Labute approximate surface area is 211 Å². The number of hydrogen-bond donors (Lipinski definition) is 2. The summed E-state index contributed by atoms with van der Waals surface area (Å²) in [5, 5.41) is 19.5. The number of aliphatic hydroxyl groups excluding tert-OH is 1. The number of rotatable bonds is 10. The molecule has 1 saturated heterocycles. The van der Waals surface area contributed by atoms with Gasteiger partial charge in [0.2, 0.25) is 0 Å². The van der Waals surface area contributed by atoms with Crippen LogP contribution in [0.4, 0.5) is 0 Å². The Morgan fingerprint density at radius 2 is 1.60 bits per heavy atom. The van der Waals surface area contributed by atoms with Gasteiger partial charge in [-0.05, 0) is 79.7 Å². The highest BCUT2D eigenvalue weighted by molar-refractivity contribution is 5.99. The van der Waals surface area contributed by atoms with E-state index in [0.717, 1.165) is 60.4 Å². The number of allylic oxidation sites excluding steroid dienone is 6. The molecule has 1 fully saturated rings. The van der Waals surface area contributed by atoms with Gasteiger partial charge in [0.05, 0.1) is 0 Å². The van der Waals surface area contributed by atoms with E-state index in [1.54, 1.807) is 12.1 Å². The van der Waals surface area contributed by atoms with Crippen molar-refractivity contribution in [1.29, 1.82) is 0 Å². The Morgan fingerprint density at radius 1 is 0.943 bits per heavy atom. The van der Waals surface area contributed by atoms with Gasteiger partial charge in [0, 0.05) is 44.5 Å². The van der Waals surface area contributed by atoms with Gasteiger partial charge in [-0.2, -0.15) is 0 Å². The molecule has 2 N–H and O–H groups in total. The lowest BCUT2D eigenvalue weighted by Gasteiger charge is -2.38. The highest BCUT2D eigenvalue weighted by atomic mass is 16.3. The van der Waals surface area contributed by atoms with Crippen molar-refractivity contribution in [1.82, 2.24) is 9.80 Å². The van der Waals surface area contributed by atoms with Crippen molar-refractivity contribution in [2.75, 3.05) is 32.8 Å². The van der Waals surface area contributed by atoms with E-state index in [9.17, 15) is 10.2 Å². The van der Waals surface area contributed by atoms with Gasteiger partial charge in [-0.3, -0.25) is 4.90 Å². The van der Waals surface area contributed by atoms with Crippen LogP contribution in [0, 0.1) is 0 Å². The van der Waals surface area contributed by atoms with Crippen molar-refractivity contribution < 1.29 is 10.2 Å². The smallest absolute Gasteiger partial charge is 0.115 e. The number of phenolic OH excluding ortho intramolecular Hbond substituents is 1. The standard InChI is InChI=1S/C31H40N2O2/c1-5-28(33-21-19-32(20-22-33)24(2)3)16-13-25(4)31(27-14-17-29(35)18-15-27)30(12-9-23-34)26-10-7-6-8-11-26/h5-8,10-11,13-18,24,34-35H,4,9,12,19-23H2,1-3H3/b16-13-,28-5+,31-30+. The fourth-order valence-electron chi connectivity index (χ4n) is 4.64. The highest BCUT2D eigenvalue weighted by Crippen LogP contribution is 2.36. The molecule has 2 aromatic carbocycles. The van der Waals surface area contributed by atoms with Gasteiger partial charge < -0.3 is 15.1 Å². The Morgan fingerprint density at radius 3 is 2.17 bits per heavy atom. The minimum Gasteiger partial charge on any atom is -0.508 e. The average molecular weight is 473 g/mol. The Hall–Kier alpha value is -3.08. The summed E-state index contributed by atoms with van der Waals surface area (Å²) in [6.07, 6.45) is 7.85. The van der Waals surface area contributed by atoms with Crippen LogP contribution >= 0.6 is 0 Å². The lowest BCUT2D eigenvalue weighted by molar-refractivity contribution is 0.132. The Kier molecular flexibility index (Phi) is 9.95. The quantitative estimate of drug-likeness (QED) is 0.323. The van der Waals surface area contributed by atoms with Gasteiger partial charge in [0.25, 0.3) is 0 Å². The first-order valence-corrected chi connectivity index (χ1v) is 12.7. The van der Waals surface area contributed by atoms with Gasteiger partial charge >= 0.3 is 0 Å². The molecular formula is C31H40N2O2. The first-order chi connectivity index (χ1) is 16.9. The molecule has 4 heteroatoms. The predicted octanol–water partition coefficient (Wildman–Crippen LogP) is 6.12. The molecule has 1 heterocycles. The molecule has 0 amide bonds. The molecular weight excluding hydrogens is 432 g/mol. The normalized spacial score (nSPS) is 16.1. The molecule has 0 spiro atoms. The summed E-state index contributed by atoms with van der Waals surface area (Å²) in [6, 6.07) is 18.2. The number of piperazine rings is 1. The van der Waals surface area contributed by atoms with E-state index in [2.05, 4.69) is 67.5 Å². The fraction of sp³-hybridized carbons (Fsp3) is 0.355. The number of nitrogens with zero attached hydrogens (tertiary/aromatic N) is 2. The van der Waals surface area contributed by atoms with E-state index in [0.29, 0.717) is 12.5 Å². The maximum atomic E-state index is 9.88. The molecule has 0 aliphatic carbocycles. The summed E-state index contributed by atoms with van der Waals surface area (Å²) in [5.74, 6) is 0.239. The van der Waals surface area contributed by atoms with E-state index >= 15 is 0 Å². The molecule has 0 bridgehead atoms. The molecule has 35 heavy (non-hydrogen) atoms. The van der Waals surface area contributed by atoms with Crippen LogP contribution in [-0.2, 0) is 0 Å². The summed E-state index contributed by atoms with van der Waals surface area (Å²) in [7, 11) is 0. The summed E-state index contributed by atoms with van der Waals surface area (Å²) >= 11 is 0. The first kappa shape index (κ1) is 26.5. The third-order valence-electron chi connectivity index (χ3n) is 6.65. The summed E-state index contributed by atoms with van der Waals surface area (Å²) in [5.41, 5.74) is 6.42. The van der Waals surface area contributed by atoms with Crippen LogP contribution in [0.3, 0.4) is 0 Å². The lowest BCUT2D eigenvalue weighted by atomic mass is 9.87. The largest absolute Gasteiger partial charge is 0.508 e. The SMILES string of the molecule is C=C(/C=C\C(=C/C)N1CCN(C(C)C)CC1)/C(=C(/CCCO)c1ccccc1)c1ccc(O)cc1. The second-order valence-corrected chi connectivity index (χ2v) is 9.28. The first-order valence-electron chi connectivity index (χ1n) is 12.7. The number of phenols is 1. The maximum absolute atomic E-state index is 9.88. The molecule has 0 atom stereocenters. The lowest BCUT2D eigenvalue weighted by Crippen LogP contribution is -2.48. The van der Waals surface area contributed by atoms with E-state index in [4.69, 9.17) is 0 Å². The van der Waals surface area contributed by atoms with E-state index in [1.807, 2.05) is 30.3 Å². The van der Waals surface area contributed by atoms with E-state index in [-0.39, 0.29) is 12.4 Å². The maximum Gasteiger partial charge on any atom is 0.115 e. The van der Waals surface area contributed by atoms with Crippen LogP contribution in [0.25, 0.3) is 11.1 Å². The van der Waals surface area contributed by atoms with Gasteiger partial charge in [0.1, 0.15) is 5.75 Å². The fourth-order valence-corrected chi connectivity index (χ4v) is 4.64. The van der Waals surface area contributed by atoms with Gasteiger partial charge in [0.15, 0.2) is 0 Å². The van der Waals surface area contributed by atoms with Crippen molar-refractivity contribution in [2.24, 2.45) is 0 Å². The number of benzene rings is 2. The second-order valence-electron chi connectivity index (χ2n) is 9.28. The van der Waals surface area contributed by atoms with Crippen LogP contribution in [0.15, 0.2) is 90.7 Å². The zero-order valence-electron chi connectivity index (χ0n) is 21.5. The minimum atomic E-state index is 0.132. The third kappa shape index (κ3) is 7.20. The zero-order chi connectivity index (χ0) is 25.2. The number of hydrogen-bond acceptors (Lipinski definition) is 4.